The third-order valence-corrected chi connectivity index (χ3v) is 3.42. The summed E-state index contributed by atoms with van der Waals surface area (Å²) < 4.78 is 10.6. The van der Waals surface area contributed by atoms with E-state index in [4.69, 9.17) is 15.2 Å². The van der Waals surface area contributed by atoms with E-state index in [9.17, 15) is 0 Å². The molecule has 21 heavy (non-hydrogen) atoms. The highest BCUT2D eigenvalue weighted by atomic mass is 16.5. The van der Waals surface area contributed by atoms with Gasteiger partial charge in [0.1, 0.15) is 0 Å². The van der Waals surface area contributed by atoms with Crippen LogP contribution < -0.4 is 15.2 Å². The van der Waals surface area contributed by atoms with Gasteiger partial charge in [-0.3, -0.25) is 0 Å². The number of benzene rings is 2. The van der Waals surface area contributed by atoms with Crippen LogP contribution in [-0.2, 0) is 0 Å². The van der Waals surface area contributed by atoms with Crippen molar-refractivity contribution in [1.82, 2.24) is 4.98 Å². The maximum absolute atomic E-state index is 6.17. The van der Waals surface area contributed by atoms with Crippen molar-refractivity contribution in [3.05, 3.63) is 48.5 Å². The van der Waals surface area contributed by atoms with Crippen molar-refractivity contribution < 1.29 is 9.47 Å². The zero-order valence-electron chi connectivity index (χ0n) is 12.0. The van der Waals surface area contributed by atoms with E-state index in [-0.39, 0.29) is 0 Å². The van der Waals surface area contributed by atoms with Crippen LogP contribution in [0.1, 0.15) is 0 Å². The van der Waals surface area contributed by atoms with Crippen LogP contribution in [0.15, 0.2) is 48.5 Å². The second-order valence-corrected chi connectivity index (χ2v) is 4.69. The quantitative estimate of drug-likeness (QED) is 0.797. The molecule has 3 rings (SSSR count). The molecule has 0 unspecified atom stereocenters. The van der Waals surface area contributed by atoms with Gasteiger partial charge in [0, 0.05) is 22.7 Å². The fourth-order valence-electron chi connectivity index (χ4n) is 2.34. The molecule has 0 spiro atoms. The number of anilines is 1. The molecular weight excluding hydrogens is 264 g/mol. The number of ether oxygens (including phenoxy) is 2. The molecule has 0 aliphatic rings. The Morgan fingerprint density at radius 2 is 1.57 bits per heavy atom. The molecule has 4 heteroatoms. The monoisotopic (exact) mass is 280 g/mol. The Labute approximate surface area is 123 Å². The smallest absolute Gasteiger partial charge is 0.162 e. The van der Waals surface area contributed by atoms with E-state index >= 15 is 0 Å². The van der Waals surface area contributed by atoms with Crippen molar-refractivity contribution in [3.8, 4) is 22.8 Å². The Balaban J connectivity index is 2.24. The molecule has 1 heterocycles. The Morgan fingerprint density at radius 3 is 2.24 bits per heavy atom. The highest BCUT2D eigenvalue weighted by Crippen LogP contribution is 2.35. The van der Waals surface area contributed by atoms with Gasteiger partial charge in [-0.2, -0.15) is 0 Å². The molecule has 0 radical (unpaired) electrons. The highest BCUT2D eigenvalue weighted by molar-refractivity contribution is 5.94. The first-order chi connectivity index (χ1) is 10.2. The van der Waals surface area contributed by atoms with Gasteiger partial charge in [0.25, 0.3) is 0 Å². The zero-order valence-corrected chi connectivity index (χ0v) is 12.0. The highest BCUT2D eigenvalue weighted by Gasteiger charge is 2.11. The van der Waals surface area contributed by atoms with Crippen LogP contribution in [0.4, 0.5) is 5.69 Å². The molecule has 0 fully saturated rings. The number of fused-ring (bicyclic) bond motifs is 1. The van der Waals surface area contributed by atoms with Crippen molar-refractivity contribution >= 4 is 16.6 Å². The number of hydrogen-bond acceptors (Lipinski definition) is 4. The molecule has 0 bridgehead atoms. The summed E-state index contributed by atoms with van der Waals surface area (Å²) in [4.78, 5) is 4.67. The first-order valence-corrected chi connectivity index (χ1v) is 6.60. The lowest BCUT2D eigenvalue weighted by atomic mass is 10.1. The maximum Gasteiger partial charge on any atom is 0.162 e. The first-order valence-electron chi connectivity index (χ1n) is 6.60. The van der Waals surface area contributed by atoms with Crippen molar-refractivity contribution in [2.75, 3.05) is 20.0 Å². The van der Waals surface area contributed by atoms with Crippen LogP contribution in [0, 0.1) is 0 Å². The first kappa shape index (κ1) is 13.2. The molecule has 4 nitrogen and oxygen atoms in total. The lowest BCUT2D eigenvalue weighted by molar-refractivity contribution is 0.356. The topological polar surface area (TPSA) is 57.4 Å². The van der Waals surface area contributed by atoms with E-state index in [0.29, 0.717) is 17.2 Å². The molecule has 0 saturated carbocycles. The Kier molecular flexibility index (Phi) is 3.36. The van der Waals surface area contributed by atoms with Crippen molar-refractivity contribution in [3.63, 3.8) is 0 Å². The molecule has 0 saturated heterocycles. The molecule has 0 amide bonds. The minimum Gasteiger partial charge on any atom is -0.493 e. The summed E-state index contributed by atoms with van der Waals surface area (Å²) in [6, 6.07) is 15.5. The second-order valence-electron chi connectivity index (χ2n) is 4.69. The fourth-order valence-corrected chi connectivity index (χ4v) is 2.34. The van der Waals surface area contributed by atoms with Crippen molar-refractivity contribution in [1.29, 1.82) is 0 Å². The van der Waals surface area contributed by atoms with Gasteiger partial charge in [-0.15, -0.1) is 0 Å². The maximum atomic E-state index is 6.17. The van der Waals surface area contributed by atoms with Gasteiger partial charge in [-0.05, 0) is 12.1 Å². The molecular formula is C17H16N2O2. The number of rotatable bonds is 3. The van der Waals surface area contributed by atoms with Crippen LogP contribution in [0.25, 0.3) is 22.2 Å². The van der Waals surface area contributed by atoms with Crippen LogP contribution in [0.2, 0.25) is 0 Å². The normalized spacial score (nSPS) is 10.6. The van der Waals surface area contributed by atoms with Crippen LogP contribution in [-0.4, -0.2) is 19.2 Å². The van der Waals surface area contributed by atoms with E-state index in [1.165, 1.54) is 0 Å². The van der Waals surface area contributed by atoms with Crippen LogP contribution in [0.5, 0.6) is 11.5 Å². The Morgan fingerprint density at radius 1 is 0.905 bits per heavy atom. The third kappa shape index (κ3) is 2.36. The van der Waals surface area contributed by atoms with Gasteiger partial charge in [0.05, 0.1) is 25.4 Å². The zero-order chi connectivity index (χ0) is 14.8. The lowest BCUT2D eigenvalue weighted by Gasteiger charge is -2.11. The molecule has 2 N–H and O–H groups in total. The van der Waals surface area contributed by atoms with Crippen LogP contribution >= 0.6 is 0 Å². The van der Waals surface area contributed by atoms with E-state index in [2.05, 4.69) is 4.98 Å². The molecule has 2 aromatic carbocycles. The molecule has 0 atom stereocenters. The molecule has 3 aromatic rings. The lowest BCUT2D eigenvalue weighted by Crippen LogP contribution is -1.96. The summed E-state index contributed by atoms with van der Waals surface area (Å²) in [5, 5.41) is 0.854. The minimum absolute atomic E-state index is 0.641. The molecule has 0 aliphatic carbocycles. The SMILES string of the molecule is COc1cc2nc(-c3ccccc3)cc(N)c2cc1OC. The minimum atomic E-state index is 0.641. The second kappa shape index (κ2) is 5.32. The summed E-state index contributed by atoms with van der Waals surface area (Å²) in [7, 11) is 3.21. The van der Waals surface area contributed by atoms with Crippen molar-refractivity contribution in [2.24, 2.45) is 0 Å². The van der Waals surface area contributed by atoms with Crippen molar-refractivity contribution in [2.45, 2.75) is 0 Å². The summed E-state index contributed by atoms with van der Waals surface area (Å²) in [5.41, 5.74) is 9.49. The predicted molar refractivity (Wildman–Crippen MR) is 84.7 cm³/mol. The number of nitrogens with zero attached hydrogens (tertiary/aromatic N) is 1. The number of methoxy groups -OCH3 is 2. The van der Waals surface area contributed by atoms with Crippen LogP contribution in [0.3, 0.4) is 0 Å². The summed E-state index contributed by atoms with van der Waals surface area (Å²) in [6.07, 6.45) is 0. The number of aromatic nitrogens is 1. The van der Waals surface area contributed by atoms with E-state index in [1.807, 2.05) is 48.5 Å². The van der Waals surface area contributed by atoms with Gasteiger partial charge in [0.15, 0.2) is 11.5 Å². The average Bonchev–Trinajstić information content (AvgIpc) is 2.54. The number of hydrogen-bond donors (Lipinski definition) is 1. The largest absolute Gasteiger partial charge is 0.493 e. The van der Waals surface area contributed by atoms with Gasteiger partial charge < -0.3 is 15.2 Å². The van der Waals surface area contributed by atoms with Gasteiger partial charge in [-0.25, -0.2) is 4.98 Å². The van der Waals surface area contributed by atoms with E-state index < -0.39 is 0 Å². The average molecular weight is 280 g/mol. The predicted octanol–water partition coefficient (Wildman–Crippen LogP) is 3.50. The van der Waals surface area contributed by atoms with E-state index in [1.54, 1.807) is 14.2 Å². The van der Waals surface area contributed by atoms with Gasteiger partial charge in [-0.1, -0.05) is 30.3 Å². The summed E-state index contributed by atoms with van der Waals surface area (Å²) in [5.74, 6) is 1.29. The molecule has 0 aliphatic heterocycles. The number of pyridine rings is 1. The summed E-state index contributed by atoms with van der Waals surface area (Å²) in [6.45, 7) is 0. The fraction of sp³-hybridized carbons (Fsp3) is 0.118. The number of nitrogens with two attached hydrogens (primary N) is 1. The summed E-state index contributed by atoms with van der Waals surface area (Å²) >= 11 is 0. The molecule has 106 valence electrons. The van der Waals surface area contributed by atoms with Gasteiger partial charge >= 0.3 is 0 Å². The Hall–Kier alpha value is -2.75. The molecule has 1 aromatic heterocycles. The Bertz CT molecular complexity index is 786. The number of nitrogen functional groups attached to an aromatic ring is 1. The van der Waals surface area contributed by atoms with Gasteiger partial charge in [0.2, 0.25) is 0 Å². The third-order valence-electron chi connectivity index (χ3n) is 3.42. The standard InChI is InChI=1S/C17H16N2O2/c1-20-16-8-12-13(18)9-14(11-6-4-3-5-7-11)19-15(12)10-17(16)21-2/h3-10H,1-2H3,(H2,18,19). The van der Waals surface area contributed by atoms with E-state index in [0.717, 1.165) is 22.2 Å².